The largest absolute Gasteiger partial charge is 0.449 e. The zero-order chi connectivity index (χ0) is 18.3. The summed E-state index contributed by atoms with van der Waals surface area (Å²) in [5.74, 6) is -1.14. The molecule has 2 bridgehead atoms. The minimum absolute atomic E-state index is 0.127. The van der Waals surface area contributed by atoms with E-state index >= 15 is 0 Å². The van der Waals surface area contributed by atoms with Crippen LogP contribution in [-0.4, -0.2) is 24.0 Å². The van der Waals surface area contributed by atoms with E-state index in [4.69, 9.17) is 4.42 Å². The van der Waals surface area contributed by atoms with Gasteiger partial charge in [0.2, 0.25) is 5.76 Å². The molecule has 2 aliphatic heterocycles. The van der Waals surface area contributed by atoms with Crippen molar-refractivity contribution in [1.82, 2.24) is 10.6 Å². The number of fused-ring (bicyclic) bond motifs is 2. The van der Waals surface area contributed by atoms with Crippen LogP contribution >= 0.6 is 11.8 Å². The molecule has 0 spiro atoms. The summed E-state index contributed by atoms with van der Waals surface area (Å²) in [7, 11) is 0. The second-order valence-corrected chi connectivity index (χ2v) is 7.68. The van der Waals surface area contributed by atoms with Crippen LogP contribution in [0.15, 0.2) is 50.8 Å². The maximum atomic E-state index is 12.6. The Balaban J connectivity index is 1.37. The summed E-state index contributed by atoms with van der Waals surface area (Å²) < 4.78 is 42.5. The molecule has 2 fully saturated rings. The quantitative estimate of drug-likeness (QED) is 0.837. The number of rotatable bonds is 4. The van der Waals surface area contributed by atoms with Crippen LogP contribution in [-0.2, 0) is 6.18 Å². The number of hydrogen-bond acceptors (Lipinski definition) is 4. The predicted octanol–water partition coefficient (Wildman–Crippen LogP) is 4.07. The van der Waals surface area contributed by atoms with E-state index in [2.05, 4.69) is 10.6 Å². The molecule has 3 atom stereocenters. The molecule has 8 heteroatoms. The molecule has 4 nitrogen and oxygen atoms in total. The highest BCUT2D eigenvalue weighted by Crippen LogP contribution is 2.36. The molecule has 2 aromatic rings. The Kier molecular flexibility index (Phi) is 4.48. The van der Waals surface area contributed by atoms with Gasteiger partial charge in [-0.1, -0.05) is 11.8 Å². The van der Waals surface area contributed by atoms with Crippen LogP contribution in [0.25, 0.3) is 0 Å². The average molecular weight is 382 g/mol. The Morgan fingerprint density at radius 3 is 2.50 bits per heavy atom. The lowest BCUT2D eigenvalue weighted by atomic mass is 9.95. The Morgan fingerprint density at radius 1 is 1.15 bits per heavy atom. The van der Waals surface area contributed by atoms with Gasteiger partial charge in [0, 0.05) is 28.6 Å². The SMILES string of the molecule is O=C(N[C@@H]1C[C@H]2CC[C@@H]1N2)c1ccc(Sc2ccc(C(F)(F)F)o2)cc1. The zero-order valence-corrected chi connectivity index (χ0v) is 14.5. The Morgan fingerprint density at radius 2 is 1.92 bits per heavy atom. The summed E-state index contributed by atoms with van der Waals surface area (Å²) in [4.78, 5) is 13.1. The topological polar surface area (TPSA) is 54.3 Å². The Labute approximate surface area is 152 Å². The molecule has 26 heavy (non-hydrogen) atoms. The van der Waals surface area contributed by atoms with Crippen LogP contribution in [0.2, 0.25) is 0 Å². The summed E-state index contributed by atoms with van der Waals surface area (Å²) in [6.07, 6.45) is -1.26. The highest BCUT2D eigenvalue weighted by Gasteiger charge is 2.39. The normalized spacial score (nSPS) is 24.8. The number of carbonyl (C=O) groups is 1. The van der Waals surface area contributed by atoms with E-state index in [1.807, 2.05) is 0 Å². The predicted molar refractivity (Wildman–Crippen MR) is 90.1 cm³/mol. The second-order valence-electron chi connectivity index (χ2n) is 6.61. The van der Waals surface area contributed by atoms with E-state index in [1.54, 1.807) is 24.3 Å². The van der Waals surface area contributed by atoms with Crippen molar-refractivity contribution in [3.8, 4) is 0 Å². The van der Waals surface area contributed by atoms with Crippen LogP contribution in [0, 0.1) is 0 Å². The molecule has 138 valence electrons. The minimum Gasteiger partial charge on any atom is -0.445 e. The van der Waals surface area contributed by atoms with Crippen molar-refractivity contribution in [2.24, 2.45) is 0 Å². The van der Waals surface area contributed by atoms with Gasteiger partial charge in [-0.2, -0.15) is 13.2 Å². The molecule has 2 aliphatic rings. The lowest BCUT2D eigenvalue weighted by Gasteiger charge is -2.21. The molecule has 1 amide bonds. The zero-order valence-electron chi connectivity index (χ0n) is 13.7. The fourth-order valence-electron chi connectivity index (χ4n) is 3.55. The van der Waals surface area contributed by atoms with E-state index in [-0.39, 0.29) is 17.0 Å². The summed E-state index contributed by atoms with van der Waals surface area (Å²) in [5, 5.41) is 6.69. The van der Waals surface area contributed by atoms with Crippen LogP contribution in [0.1, 0.15) is 35.4 Å². The van der Waals surface area contributed by atoms with Crippen molar-refractivity contribution in [3.05, 3.63) is 47.7 Å². The number of hydrogen-bond donors (Lipinski definition) is 2. The van der Waals surface area contributed by atoms with Crippen molar-refractivity contribution < 1.29 is 22.4 Å². The van der Waals surface area contributed by atoms with Gasteiger partial charge in [-0.05, 0) is 55.7 Å². The smallest absolute Gasteiger partial charge is 0.445 e. The molecule has 3 heterocycles. The Hall–Kier alpha value is -1.93. The van der Waals surface area contributed by atoms with Gasteiger partial charge >= 0.3 is 6.18 Å². The number of furan rings is 1. The summed E-state index contributed by atoms with van der Waals surface area (Å²) in [6.45, 7) is 0. The van der Waals surface area contributed by atoms with Crippen molar-refractivity contribution in [2.75, 3.05) is 0 Å². The van der Waals surface area contributed by atoms with Crippen molar-refractivity contribution in [2.45, 2.75) is 53.6 Å². The van der Waals surface area contributed by atoms with Crippen LogP contribution in [0.3, 0.4) is 0 Å². The number of amides is 1. The third-order valence-electron chi connectivity index (χ3n) is 4.81. The molecule has 1 aromatic heterocycles. The van der Waals surface area contributed by atoms with Crippen molar-refractivity contribution >= 4 is 17.7 Å². The third kappa shape index (κ3) is 3.61. The van der Waals surface area contributed by atoms with Gasteiger partial charge in [-0.3, -0.25) is 4.79 Å². The first-order valence-corrected chi connectivity index (χ1v) is 9.22. The molecule has 0 radical (unpaired) electrons. The number of carbonyl (C=O) groups excluding carboxylic acids is 1. The summed E-state index contributed by atoms with van der Waals surface area (Å²) in [6, 6.07) is 9.99. The van der Waals surface area contributed by atoms with E-state index in [9.17, 15) is 18.0 Å². The first-order valence-electron chi connectivity index (χ1n) is 8.40. The highest BCUT2D eigenvalue weighted by atomic mass is 32.2. The Bertz CT molecular complexity index is 804. The number of nitrogens with one attached hydrogen (secondary N) is 2. The van der Waals surface area contributed by atoms with Gasteiger partial charge in [0.05, 0.1) is 0 Å². The van der Waals surface area contributed by atoms with Gasteiger partial charge in [0.1, 0.15) is 0 Å². The third-order valence-corrected chi connectivity index (χ3v) is 5.74. The van der Waals surface area contributed by atoms with Crippen LogP contribution < -0.4 is 10.6 Å². The molecule has 0 aliphatic carbocycles. The fourth-order valence-corrected chi connectivity index (χ4v) is 4.33. The summed E-state index contributed by atoms with van der Waals surface area (Å²) >= 11 is 1.08. The number of alkyl halides is 3. The van der Waals surface area contributed by atoms with E-state index in [0.717, 1.165) is 30.7 Å². The van der Waals surface area contributed by atoms with Gasteiger partial charge in [-0.15, -0.1) is 0 Å². The molecule has 0 saturated carbocycles. The first kappa shape index (κ1) is 17.5. The monoisotopic (exact) mass is 382 g/mol. The van der Waals surface area contributed by atoms with Crippen LogP contribution in [0.4, 0.5) is 13.2 Å². The molecular weight excluding hydrogens is 365 g/mol. The average Bonchev–Trinajstić information content (AvgIpc) is 3.31. The minimum atomic E-state index is -4.49. The number of halogens is 3. The van der Waals surface area contributed by atoms with Gasteiger partial charge in [0.15, 0.2) is 5.09 Å². The van der Waals surface area contributed by atoms with Gasteiger partial charge < -0.3 is 15.1 Å². The lowest BCUT2D eigenvalue weighted by Crippen LogP contribution is -2.42. The van der Waals surface area contributed by atoms with Crippen molar-refractivity contribution in [1.29, 1.82) is 0 Å². The van der Waals surface area contributed by atoms with E-state index in [1.165, 1.54) is 12.5 Å². The molecule has 2 N–H and O–H groups in total. The van der Waals surface area contributed by atoms with E-state index < -0.39 is 11.9 Å². The highest BCUT2D eigenvalue weighted by molar-refractivity contribution is 7.99. The maximum Gasteiger partial charge on any atom is 0.449 e. The van der Waals surface area contributed by atoms with Crippen LogP contribution in [0.5, 0.6) is 0 Å². The number of benzene rings is 1. The van der Waals surface area contributed by atoms with Gasteiger partial charge in [-0.25, -0.2) is 0 Å². The molecule has 2 saturated heterocycles. The molecular formula is C18H17F3N2O2S. The fraction of sp³-hybridized carbons (Fsp3) is 0.389. The molecule has 0 unspecified atom stereocenters. The van der Waals surface area contributed by atoms with Crippen molar-refractivity contribution in [3.63, 3.8) is 0 Å². The molecule has 4 rings (SSSR count). The van der Waals surface area contributed by atoms with E-state index in [0.29, 0.717) is 22.5 Å². The second kappa shape index (κ2) is 6.66. The molecule has 1 aromatic carbocycles. The maximum absolute atomic E-state index is 12.6. The standard InChI is InChI=1S/C18H17F3N2O2S/c19-18(20,21)15-7-8-16(25-15)26-12-4-1-10(2-5-12)17(24)23-14-9-11-3-6-13(14)22-11/h1-2,4-5,7-8,11,13-14,22H,3,6,9H2,(H,23,24)/t11-,13+,14-/m1/s1. The lowest BCUT2D eigenvalue weighted by molar-refractivity contribution is -0.154. The first-order chi connectivity index (χ1) is 12.4. The summed E-state index contributed by atoms with van der Waals surface area (Å²) in [5.41, 5.74) is 0.535. The van der Waals surface area contributed by atoms with Gasteiger partial charge in [0.25, 0.3) is 5.91 Å².